The zero-order chi connectivity index (χ0) is 19.8. The SMILES string of the molecule is O=C(OCC1c2ccccc2-c2ccccc21)N1CCC(c2ccc(O)cc2)C1. The summed E-state index contributed by atoms with van der Waals surface area (Å²) in [5, 5.41) is 9.47. The molecule has 1 aliphatic heterocycles. The third-order valence-corrected chi connectivity index (χ3v) is 6.15. The summed E-state index contributed by atoms with van der Waals surface area (Å²) < 4.78 is 5.77. The van der Waals surface area contributed by atoms with E-state index >= 15 is 0 Å². The highest BCUT2D eigenvalue weighted by Gasteiger charge is 2.32. The van der Waals surface area contributed by atoms with Gasteiger partial charge in [-0.1, -0.05) is 60.7 Å². The number of ether oxygens (including phenoxy) is 1. The second kappa shape index (κ2) is 7.28. The molecule has 1 fully saturated rings. The van der Waals surface area contributed by atoms with Gasteiger partial charge >= 0.3 is 6.09 Å². The summed E-state index contributed by atoms with van der Waals surface area (Å²) in [6, 6.07) is 24.0. The Kier molecular flexibility index (Phi) is 4.47. The topological polar surface area (TPSA) is 49.8 Å². The number of hydrogen-bond donors (Lipinski definition) is 1. The number of aromatic hydroxyl groups is 1. The Balaban J connectivity index is 1.26. The average Bonchev–Trinajstić information content (AvgIpc) is 3.36. The van der Waals surface area contributed by atoms with Gasteiger partial charge in [0, 0.05) is 24.9 Å². The van der Waals surface area contributed by atoms with E-state index in [1.165, 1.54) is 22.3 Å². The maximum absolute atomic E-state index is 12.7. The minimum atomic E-state index is -0.242. The molecular weight excluding hydrogens is 362 g/mol. The van der Waals surface area contributed by atoms with Crippen molar-refractivity contribution in [1.29, 1.82) is 0 Å². The fourth-order valence-corrected chi connectivity index (χ4v) is 4.63. The molecule has 0 bridgehead atoms. The van der Waals surface area contributed by atoms with Gasteiger partial charge in [0.15, 0.2) is 0 Å². The van der Waals surface area contributed by atoms with E-state index < -0.39 is 0 Å². The zero-order valence-electron chi connectivity index (χ0n) is 16.1. The number of hydrogen-bond acceptors (Lipinski definition) is 3. The van der Waals surface area contributed by atoms with Crippen molar-refractivity contribution >= 4 is 6.09 Å². The van der Waals surface area contributed by atoms with Crippen molar-refractivity contribution in [2.45, 2.75) is 18.3 Å². The molecule has 0 saturated carbocycles. The van der Waals surface area contributed by atoms with E-state index in [0.717, 1.165) is 12.0 Å². The molecule has 1 amide bonds. The molecule has 1 aliphatic carbocycles. The van der Waals surface area contributed by atoms with Crippen molar-refractivity contribution in [2.75, 3.05) is 19.7 Å². The second-order valence-corrected chi connectivity index (χ2v) is 7.83. The highest BCUT2D eigenvalue weighted by atomic mass is 16.6. The lowest BCUT2D eigenvalue weighted by atomic mass is 9.98. The van der Waals surface area contributed by atoms with Crippen molar-refractivity contribution in [3.63, 3.8) is 0 Å². The van der Waals surface area contributed by atoms with E-state index in [0.29, 0.717) is 19.7 Å². The molecule has 3 aromatic rings. The summed E-state index contributed by atoms with van der Waals surface area (Å²) in [5.41, 5.74) is 6.07. The Bertz CT molecular complexity index is 998. The Hall–Kier alpha value is -3.27. The molecule has 1 unspecified atom stereocenters. The van der Waals surface area contributed by atoms with Crippen LogP contribution in [0.3, 0.4) is 0 Å². The van der Waals surface area contributed by atoms with Crippen LogP contribution in [0, 0.1) is 0 Å². The molecule has 5 rings (SSSR count). The molecule has 4 heteroatoms. The normalized spacial score (nSPS) is 17.8. The maximum Gasteiger partial charge on any atom is 0.409 e. The zero-order valence-corrected chi connectivity index (χ0v) is 16.1. The molecule has 0 radical (unpaired) electrons. The molecule has 2 aliphatic rings. The summed E-state index contributed by atoms with van der Waals surface area (Å²) in [6.07, 6.45) is 0.669. The predicted molar refractivity (Wildman–Crippen MR) is 112 cm³/mol. The number of rotatable bonds is 3. The van der Waals surface area contributed by atoms with Crippen LogP contribution in [0.5, 0.6) is 5.75 Å². The fourth-order valence-electron chi connectivity index (χ4n) is 4.63. The van der Waals surface area contributed by atoms with Crippen LogP contribution >= 0.6 is 0 Å². The van der Waals surface area contributed by atoms with E-state index in [2.05, 4.69) is 36.4 Å². The van der Waals surface area contributed by atoms with Gasteiger partial charge in [-0.25, -0.2) is 4.79 Å². The van der Waals surface area contributed by atoms with Gasteiger partial charge < -0.3 is 14.7 Å². The lowest BCUT2D eigenvalue weighted by Crippen LogP contribution is -2.30. The third kappa shape index (κ3) is 3.25. The van der Waals surface area contributed by atoms with Gasteiger partial charge in [0.2, 0.25) is 0 Å². The number of phenolic OH excluding ortho intramolecular Hbond substituents is 1. The molecule has 146 valence electrons. The van der Waals surface area contributed by atoms with Crippen LogP contribution in [0.1, 0.15) is 34.9 Å². The molecule has 1 heterocycles. The quantitative estimate of drug-likeness (QED) is 0.680. The van der Waals surface area contributed by atoms with Crippen molar-refractivity contribution in [2.24, 2.45) is 0 Å². The molecule has 1 saturated heterocycles. The number of nitrogens with zero attached hydrogens (tertiary/aromatic N) is 1. The summed E-state index contributed by atoms with van der Waals surface area (Å²) in [5.74, 6) is 0.637. The predicted octanol–water partition coefficient (Wildman–Crippen LogP) is 5.13. The number of fused-ring (bicyclic) bond motifs is 3. The first kappa shape index (κ1) is 17.8. The number of benzene rings is 3. The lowest BCUT2D eigenvalue weighted by Gasteiger charge is -2.19. The van der Waals surface area contributed by atoms with Crippen molar-refractivity contribution in [3.05, 3.63) is 89.5 Å². The molecular formula is C25H23NO3. The Labute approximate surface area is 170 Å². The van der Waals surface area contributed by atoms with E-state index in [1.54, 1.807) is 17.0 Å². The molecule has 1 N–H and O–H groups in total. The molecule has 4 nitrogen and oxygen atoms in total. The average molecular weight is 385 g/mol. The molecule has 1 atom stereocenters. The van der Waals surface area contributed by atoms with Crippen LogP contribution in [-0.2, 0) is 4.74 Å². The highest BCUT2D eigenvalue weighted by Crippen LogP contribution is 2.44. The standard InChI is InChI=1S/C25H23NO3/c27-19-11-9-17(10-12-19)18-13-14-26(15-18)25(28)29-16-24-22-7-3-1-5-20(22)21-6-2-4-8-23(21)24/h1-12,18,24,27H,13-16H2. The second-order valence-electron chi connectivity index (χ2n) is 7.83. The van der Waals surface area contributed by atoms with Gasteiger partial charge in [-0.3, -0.25) is 0 Å². The molecule has 3 aromatic carbocycles. The van der Waals surface area contributed by atoms with Gasteiger partial charge in [0.25, 0.3) is 0 Å². The van der Waals surface area contributed by atoms with Crippen LogP contribution in [0.25, 0.3) is 11.1 Å². The van der Waals surface area contributed by atoms with Crippen molar-refractivity contribution < 1.29 is 14.6 Å². The van der Waals surface area contributed by atoms with Crippen molar-refractivity contribution in [1.82, 2.24) is 4.90 Å². The van der Waals surface area contributed by atoms with Gasteiger partial charge in [-0.05, 0) is 46.4 Å². The summed E-state index contributed by atoms with van der Waals surface area (Å²) in [7, 11) is 0. The lowest BCUT2D eigenvalue weighted by molar-refractivity contribution is 0.107. The number of carbonyl (C=O) groups is 1. The van der Waals surface area contributed by atoms with Gasteiger partial charge in [-0.15, -0.1) is 0 Å². The summed E-state index contributed by atoms with van der Waals surface area (Å²) >= 11 is 0. The van der Waals surface area contributed by atoms with E-state index in [4.69, 9.17) is 4.74 Å². The van der Waals surface area contributed by atoms with E-state index in [-0.39, 0.29) is 23.7 Å². The number of carbonyl (C=O) groups excluding carboxylic acids is 1. The minimum Gasteiger partial charge on any atom is -0.508 e. The maximum atomic E-state index is 12.7. The third-order valence-electron chi connectivity index (χ3n) is 6.15. The molecule has 0 aromatic heterocycles. The van der Waals surface area contributed by atoms with Crippen LogP contribution in [0.15, 0.2) is 72.8 Å². The first-order chi connectivity index (χ1) is 14.2. The molecule has 0 spiro atoms. The number of likely N-dealkylation sites (tertiary alicyclic amines) is 1. The van der Waals surface area contributed by atoms with Crippen LogP contribution < -0.4 is 0 Å². The van der Waals surface area contributed by atoms with Gasteiger partial charge in [-0.2, -0.15) is 0 Å². The Morgan fingerprint density at radius 1 is 0.931 bits per heavy atom. The fraction of sp³-hybridized carbons (Fsp3) is 0.240. The number of phenols is 1. The van der Waals surface area contributed by atoms with Gasteiger partial charge in [0.1, 0.15) is 12.4 Å². The van der Waals surface area contributed by atoms with Crippen LogP contribution in [-0.4, -0.2) is 35.8 Å². The Morgan fingerprint density at radius 3 is 2.21 bits per heavy atom. The largest absolute Gasteiger partial charge is 0.508 e. The molecule has 29 heavy (non-hydrogen) atoms. The first-order valence-electron chi connectivity index (χ1n) is 10.1. The summed E-state index contributed by atoms with van der Waals surface area (Å²) in [6.45, 7) is 1.71. The summed E-state index contributed by atoms with van der Waals surface area (Å²) in [4.78, 5) is 14.5. The van der Waals surface area contributed by atoms with Gasteiger partial charge in [0.05, 0.1) is 0 Å². The Morgan fingerprint density at radius 2 is 1.55 bits per heavy atom. The van der Waals surface area contributed by atoms with Crippen LogP contribution in [0.4, 0.5) is 4.79 Å². The minimum absolute atomic E-state index is 0.0850. The monoisotopic (exact) mass is 385 g/mol. The van der Waals surface area contributed by atoms with Crippen LogP contribution in [0.2, 0.25) is 0 Å². The smallest absolute Gasteiger partial charge is 0.409 e. The highest BCUT2D eigenvalue weighted by molar-refractivity contribution is 5.79. The van der Waals surface area contributed by atoms with Crippen molar-refractivity contribution in [3.8, 4) is 16.9 Å². The van der Waals surface area contributed by atoms with E-state index in [9.17, 15) is 9.90 Å². The number of amides is 1. The van der Waals surface area contributed by atoms with E-state index in [1.807, 2.05) is 24.3 Å². The first-order valence-corrected chi connectivity index (χ1v) is 10.1.